The molecule has 0 aromatic heterocycles. The number of thioether (sulfide) groups is 2. The molecule has 46 heavy (non-hydrogen) atoms. The molecule has 0 saturated carbocycles. The Morgan fingerprint density at radius 3 is 1.24 bits per heavy atom. The average molecular weight is 631 g/mol. The van der Waals surface area contributed by atoms with Crippen LogP contribution in [0.4, 0.5) is 11.4 Å². The molecule has 6 aromatic rings. The molecule has 0 saturated heterocycles. The Hall–Kier alpha value is -4.64. The second kappa shape index (κ2) is 11.6. The normalized spacial score (nSPS) is 16.9. The Morgan fingerprint density at radius 2 is 0.826 bits per heavy atom. The zero-order valence-electron chi connectivity index (χ0n) is 26.4. The number of aryl methyl sites for hydroxylation is 2. The van der Waals surface area contributed by atoms with Gasteiger partial charge in [-0.2, -0.15) is 0 Å². The third-order valence-corrected chi connectivity index (χ3v) is 11.6. The number of allylic oxidation sites excluding steroid dienone is 2. The third kappa shape index (κ3) is 4.84. The molecule has 2 aliphatic heterocycles. The van der Waals surface area contributed by atoms with E-state index in [9.17, 15) is 0 Å². The molecule has 0 radical (unpaired) electrons. The van der Waals surface area contributed by atoms with Gasteiger partial charge < -0.3 is 9.80 Å². The van der Waals surface area contributed by atoms with E-state index in [4.69, 9.17) is 0 Å². The maximum absolute atomic E-state index is 2.51. The second-order valence-electron chi connectivity index (χ2n) is 12.0. The summed E-state index contributed by atoms with van der Waals surface area (Å²) < 4.78 is 0. The van der Waals surface area contributed by atoms with E-state index in [0.29, 0.717) is 0 Å². The van der Waals surface area contributed by atoms with Gasteiger partial charge in [0.2, 0.25) is 0 Å². The quantitative estimate of drug-likeness (QED) is 0.191. The predicted octanol–water partition coefficient (Wildman–Crippen LogP) is 12.3. The summed E-state index contributed by atoms with van der Waals surface area (Å²) in [6.07, 6.45) is 0. The zero-order chi connectivity index (χ0) is 31.4. The van der Waals surface area contributed by atoms with E-state index in [1.807, 2.05) is 23.5 Å². The summed E-state index contributed by atoms with van der Waals surface area (Å²) in [7, 11) is 0. The molecule has 0 spiro atoms. The Kier molecular flexibility index (Phi) is 7.28. The van der Waals surface area contributed by atoms with Crippen molar-refractivity contribution in [3.63, 3.8) is 0 Å². The number of fused-ring (bicyclic) bond motifs is 2. The lowest BCUT2D eigenvalue weighted by Gasteiger charge is -2.29. The summed E-state index contributed by atoms with van der Waals surface area (Å²) in [4.78, 5) is 7.59. The van der Waals surface area contributed by atoms with E-state index < -0.39 is 0 Å². The number of rotatable bonds is 4. The fraction of sp³-hybridized carbons (Fsp3) is 0.0952. The molecule has 2 heterocycles. The lowest BCUT2D eigenvalue weighted by atomic mass is 10.0. The molecular weight excluding hydrogens is 597 g/mol. The van der Waals surface area contributed by atoms with Gasteiger partial charge in [0.15, 0.2) is 0 Å². The Bertz CT molecular complexity index is 2090. The summed E-state index contributed by atoms with van der Waals surface area (Å²) in [6, 6.07) is 48.7. The molecule has 0 amide bonds. The number of nitrogens with zero attached hydrogens (tertiary/aromatic N) is 2. The summed E-state index contributed by atoms with van der Waals surface area (Å²) in [5.41, 5.74) is 9.92. The first kappa shape index (κ1) is 28.8. The molecule has 4 heteroatoms. The van der Waals surface area contributed by atoms with Gasteiger partial charge in [-0.3, -0.25) is 0 Å². The van der Waals surface area contributed by atoms with Crippen LogP contribution in [0, 0.1) is 13.8 Å². The van der Waals surface area contributed by atoms with Crippen molar-refractivity contribution in [1.29, 1.82) is 0 Å². The minimum Gasteiger partial charge on any atom is -0.305 e. The number of benzene rings is 6. The monoisotopic (exact) mass is 630 g/mol. The fourth-order valence-electron chi connectivity index (χ4n) is 6.68. The maximum atomic E-state index is 2.51. The van der Waals surface area contributed by atoms with Crippen LogP contribution in [-0.4, -0.2) is 0 Å². The van der Waals surface area contributed by atoms with Crippen molar-refractivity contribution in [2.45, 2.75) is 27.7 Å². The standard InChI is InChI=1S/C42H34N2S2/c1-27-21-23-35-33(25-27)17-11-19-37(35)43-29(3)39(31-13-7-5-8-14-31)45-41(43)42-44(30(4)40(46-42)32-15-9-6-10-16-32)38-20-12-18-34-26-28(2)22-24-36(34)38/h5-26H,1-4H3/b42-41+. The first-order valence-corrected chi connectivity index (χ1v) is 17.3. The van der Waals surface area contributed by atoms with Gasteiger partial charge in [-0.25, -0.2) is 0 Å². The fourth-order valence-corrected chi connectivity index (χ4v) is 9.31. The zero-order valence-corrected chi connectivity index (χ0v) is 28.0. The maximum Gasteiger partial charge on any atom is 0.116 e. The summed E-state index contributed by atoms with van der Waals surface area (Å²) in [6.45, 7) is 8.89. The smallest absolute Gasteiger partial charge is 0.116 e. The van der Waals surface area contributed by atoms with E-state index >= 15 is 0 Å². The van der Waals surface area contributed by atoms with Gasteiger partial charge in [0.25, 0.3) is 0 Å². The van der Waals surface area contributed by atoms with Crippen molar-refractivity contribution in [3.05, 3.63) is 177 Å². The highest BCUT2D eigenvalue weighted by Crippen LogP contribution is 2.58. The van der Waals surface area contributed by atoms with Crippen molar-refractivity contribution in [2.75, 3.05) is 9.80 Å². The highest BCUT2D eigenvalue weighted by atomic mass is 32.2. The van der Waals surface area contributed by atoms with Crippen molar-refractivity contribution >= 4 is 66.3 Å². The Labute approximate surface area is 279 Å². The van der Waals surface area contributed by atoms with Crippen LogP contribution < -0.4 is 9.80 Å². The van der Waals surface area contributed by atoms with E-state index in [1.165, 1.54) is 86.4 Å². The second-order valence-corrected chi connectivity index (χ2v) is 14.0. The van der Waals surface area contributed by atoms with E-state index in [1.54, 1.807) is 0 Å². The minimum absolute atomic E-state index is 1.20. The third-order valence-electron chi connectivity index (χ3n) is 8.89. The van der Waals surface area contributed by atoms with Crippen LogP contribution in [0.1, 0.15) is 36.1 Å². The van der Waals surface area contributed by atoms with Crippen LogP contribution in [0.3, 0.4) is 0 Å². The van der Waals surface area contributed by atoms with Crippen molar-refractivity contribution in [2.24, 2.45) is 0 Å². The first-order valence-electron chi connectivity index (χ1n) is 15.7. The van der Waals surface area contributed by atoms with Gasteiger partial charge in [0.05, 0.1) is 11.4 Å². The summed E-state index contributed by atoms with van der Waals surface area (Å²) in [5, 5.41) is 7.47. The first-order chi connectivity index (χ1) is 22.5. The number of hydrogen-bond donors (Lipinski definition) is 0. The van der Waals surface area contributed by atoms with Crippen LogP contribution in [0.2, 0.25) is 0 Å². The number of hydrogen-bond acceptors (Lipinski definition) is 4. The van der Waals surface area contributed by atoms with Gasteiger partial charge in [-0.05, 0) is 61.7 Å². The van der Waals surface area contributed by atoms with Crippen molar-refractivity contribution in [3.8, 4) is 0 Å². The van der Waals surface area contributed by atoms with Crippen LogP contribution in [0.5, 0.6) is 0 Å². The summed E-state index contributed by atoms with van der Waals surface area (Å²) >= 11 is 3.77. The molecule has 2 nitrogen and oxygen atoms in total. The van der Waals surface area contributed by atoms with Crippen LogP contribution in [-0.2, 0) is 0 Å². The minimum atomic E-state index is 1.20. The topological polar surface area (TPSA) is 6.48 Å². The van der Waals surface area contributed by atoms with Crippen LogP contribution >= 0.6 is 23.5 Å². The molecule has 0 fully saturated rings. The molecular formula is C42H34N2S2. The highest BCUT2D eigenvalue weighted by Gasteiger charge is 2.38. The van der Waals surface area contributed by atoms with Crippen molar-refractivity contribution < 1.29 is 0 Å². The molecule has 0 aliphatic carbocycles. The van der Waals surface area contributed by atoms with Gasteiger partial charge >= 0.3 is 0 Å². The lowest BCUT2D eigenvalue weighted by molar-refractivity contribution is 1.11. The number of anilines is 2. The van der Waals surface area contributed by atoms with Gasteiger partial charge in [0.1, 0.15) is 10.1 Å². The molecule has 224 valence electrons. The molecule has 6 aromatic carbocycles. The molecule has 8 rings (SSSR count). The largest absolute Gasteiger partial charge is 0.305 e. The SMILES string of the molecule is CC1=C(c2ccccc2)S/C(=C2/SC(c3ccccc3)=C(C)N2c2cccc3cc(C)ccc23)N1c1cccc2cc(C)ccc12. The highest BCUT2D eigenvalue weighted by molar-refractivity contribution is 8.15. The van der Waals surface area contributed by atoms with Gasteiger partial charge in [-0.1, -0.05) is 156 Å². The Morgan fingerprint density at radius 1 is 0.413 bits per heavy atom. The molecule has 0 bridgehead atoms. The van der Waals surface area contributed by atoms with Gasteiger partial charge in [0, 0.05) is 32.0 Å². The van der Waals surface area contributed by atoms with E-state index in [-0.39, 0.29) is 0 Å². The Balaban J connectivity index is 1.41. The molecule has 0 unspecified atom stereocenters. The van der Waals surface area contributed by atoms with E-state index in [2.05, 4.69) is 171 Å². The molecule has 0 atom stereocenters. The van der Waals surface area contributed by atoms with Gasteiger partial charge in [-0.15, -0.1) is 0 Å². The van der Waals surface area contributed by atoms with Crippen LogP contribution in [0.25, 0.3) is 31.4 Å². The molecule has 2 aliphatic rings. The van der Waals surface area contributed by atoms with E-state index in [0.717, 1.165) is 0 Å². The molecule has 0 N–H and O–H groups in total. The average Bonchev–Trinajstić information content (AvgIpc) is 3.60. The van der Waals surface area contributed by atoms with Crippen molar-refractivity contribution in [1.82, 2.24) is 0 Å². The predicted molar refractivity (Wildman–Crippen MR) is 203 cm³/mol. The van der Waals surface area contributed by atoms with Crippen LogP contribution in [0.15, 0.2) is 155 Å². The summed E-state index contributed by atoms with van der Waals surface area (Å²) in [5.74, 6) is 0. The lowest BCUT2D eigenvalue weighted by Crippen LogP contribution is -2.22.